The molecule has 0 saturated carbocycles. The minimum atomic E-state index is 0.799. The minimum Gasteiger partial charge on any atom is -0.397 e. The third-order valence-corrected chi connectivity index (χ3v) is 4.33. The molecule has 2 aliphatic carbocycles. The predicted molar refractivity (Wildman–Crippen MR) is 86.9 cm³/mol. The summed E-state index contributed by atoms with van der Waals surface area (Å²) >= 11 is 0. The molecule has 2 rings (SSSR count). The topological polar surface area (TPSA) is 52.0 Å². The molecule has 2 heteroatoms. The summed E-state index contributed by atoms with van der Waals surface area (Å²) < 4.78 is 0. The fraction of sp³-hybridized carbons (Fsp3) is 0.556. The molecule has 20 heavy (non-hydrogen) atoms. The summed E-state index contributed by atoms with van der Waals surface area (Å²) in [5.74, 6) is 0. The first kappa shape index (κ1) is 15.0. The van der Waals surface area contributed by atoms with Crippen molar-refractivity contribution in [1.82, 2.24) is 0 Å². The molecule has 0 bridgehead atoms. The summed E-state index contributed by atoms with van der Waals surface area (Å²) in [7, 11) is 0. The van der Waals surface area contributed by atoms with Crippen LogP contribution in [0, 0.1) is 0 Å². The van der Waals surface area contributed by atoms with Crippen LogP contribution in [0.4, 0.5) is 0 Å². The van der Waals surface area contributed by atoms with E-state index in [0.717, 1.165) is 24.2 Å². The first-order valence-electron chi connectivity index (χ1n) is 8.11. The van der Waals surface area contributed by atoms with Gasteiger partial charge in [-0.1, -0.05) is 51.7 Å². The number of fused-ring (bicyclic) bond motifs is 1. The summed E-state index contributed by atoms with van der Waals surface area (Å²) in [6.07, 6.45) is 14.2. The average molecular weight is 272 g/mol. The third-order valence-electron chi connectivity index (χ3n) is 4.33. The molecule has 2 aliphatic rings. The van der Waals surface area contributed by atoms with E-state index in [4.69, 9.17) is 11.5 Å². The zero-order valence-corrected chi connectivity index (χ0v) is 13.0. The van der Waals surface area contributed by atoms with Crippen molar-refractivity contribution in [2.45, 2.75) is 65.2 Å². The second kappa shape index (κ2) is 6.83. The van der Waals surface area contributed by atoms with Gasteiger partial charge in [-0.2, -0.15) is 0 Å². The summed E-state index contributed by atoms with van der Waals surface area (Å²) in [5, 5.41) is 0. The molecule has 0 amide bonds. The van der Waals surface area contributed by atoms with Gasteiger partial charge in [-0.15, -0.1) is 0 Å². The molecular weight excluding hydrogens is 244 g/mol. The van der Waals surface area contributed by atoms with Gasteiger partial charge in [0.2, 0.25) is 0 Å². The first-order chi connectivity index (χ1) is 9.70. The smallest absolute Gasteiger partial charge is 0.0630 e. The zero-order chi connectivity index (χ0) is 14.5. The SMILES string of the molecule is CCCCCC1=C2C(=C(N)C(N)=C2CCCCC)C=C1. The van der Waals surface area contributed by atoms with Crippen LogP contribution >= 0.6 is 0 Å². The van der Waals surface area contributed by atoms with Crippen molar-refractivity contribution in [2.75, 3.05) is 0 Å². The van der Waals surface area contributed by atoms with Gasteiger partial charge in [0.15, 0.2) is 0 Å². The van der Waals surface area contributed by atoms with E-state index in [-0.39, 0.29) is 0 Å². The Labute approximate surface area is 123 Å². The maximum Gasteiger partial charge on any atom is 0.0630 e. The molecule has 0 atom stereocenters. The number of allylic oxidation sites excluding steroid dienone is 6. The van der Waals surface area contributed by atoms with Gasteiger partial charge in [0.1, 0.15) is 0 Å². The number of hydrogen-bond donors (Lipinski definition) is 2. The molecule has 0 saturated heterocycles. The maximum atomic E-state index is 6.24. The van der Waals surface area contributed by atoms with E-state index >= 15 is 0 Å². The molecule has 0 unspecified atom stereocenters. The molecule has 0 aromatic rings. The molecule has 0 aliphatic heterocycles. The first-order valence-corrected chi connectivity index (χ1v) is 8.11. The highest BCUT2D eigenvalue weighted by atomic mass is 14.7. The van der Waals surface area contributed by atoms with E-state index in [9.17, 15) is 0 Å². The monoisotopic (exact) mass is 272 g/mol. The van der Waals surface area contributed by atoms with E-state index in [1.807, 2.05) is 0 Å². The minimum absolute atomic E-state index is 0.799. The highest BCUT2D eigenvalue weighted by molar-refractivity contribution is 5.72. The molecule has 4 N–H and O–H groups in total. The fourth-order valence-corrected chi connectivity index (χ4v) is 3.13. The Bertz CT molecular complexity index is 490. The van der Waals surface area contributed by atoms with Gasteiger partial charge in [0.05, 0.1) is 11.4 Å². The molecule has 0 fully saturated rings. The van der Waals surface area contributed by atoms with Gasteiger partial charge in [0.25, 0.3) is 0 Å². The number of nitrogens with two attached hydrogens (primary N) is 2. The van der Waals surface area contributed by atoms with Crippen LogP contribution in [0.5, 0.6) is 0 Å². The van der Waals surface area contributed by atoms with Gasteiger partial charge >= 0.3 is 0 Å². The van der Waals surface area contributed by atoms with Crippen molar-refractivity contribution in [2.24, 2.45) is 11.5 Å². The van der Waals surface area contributed by atoms with Gasteiger partial charge in [-0.25, -0.2) is 0 Å². The fourth-order valence-electron chi connectivity index (χ4n) is 3.13. The van der Waals surface area contributed by atoms with E-state index in [2.05, 4.69) is 26.0 Å². The van der Waals surface area contributed by atoms with Crippen molar-refractivity contribution in [3.63, 3.8) is 0 Å². The lowest BCUT2D eigenvalue weighted by molar-refractivity contribution is 0.707. The Morgan fingerprint density at radius 1 is 0.800 bits per heavy atom. The van der Waals surface area contributed by atoms with Crippen molar-refractivity contribution in [1.29, 1.82) is 0 Å². The molecule has 0 aromatic carbocycles. The van der Waals surface area contributed by atoms with Gasteiger partial charge in [-0.05, 0) is 42.4 Å². The molecule has 0 heterocycles. The number of unbranched alkanes of at least 4 members (excludes halogenated alkanes) is 4. The van der Waals surface area contributed by atoms with Crippen LogP contribution in [-0.2, 0) is 0 Å². The molecule has 110 valence electrons. The van der Waals surface area contributed by atoms with Crippen LogP contribution in [0.3, 0.4) is 0 Å². The largest absolute Gasteiger partial charge is 0.397 e. The lowest BCUT2D eigenvalue weighted by Crippen LogP contribution is -2.08. The highest BCUT2D eigenvalue weighted by Crippen LogP contribution is 2.43. The van der Waals surface area contributed by atoms with Crippen LogP contribution in [0.1, 0.15) is 65.2 Å². The third kappa shape index (κ3) is 2.84. The quantitative estimate of drug-likeness (QED) is 0.641. The maximum absolute atomic E-state index is 6.24. The van der Waals surface area contributed by atoms with Crippen LogP contribution in [0.15, 0.2) is 45.8 Å². The second-order valence-electron chi connectivity index (χ2n) is 5.87. The lowest BCUT2D eigenvalue weighted by Gasteiger charge is -2.10. The Kier molecular flexibility index (Phi) is 5.11. The number of rotatable bonds is 8. The predicted octanol–water partition coefficient (Wildman–Crippen LogP) is 4.45. The number of hydrogen-bond acceptors (Lipinski definition) is 2. The average Bonchev–Trinajstić information content (AvgIpc) is 2.95. The highest BCUT2D eigenvalue weighted by Gasteiger charge is 2.28. The second-order valence-corrected chi connectivity index (χ2v) is 5.87. The van der Waals surface area contributed by atoms with Gasteiger partial charge in [-0.3, -0.25) is 0 Å². The molecule has 0 radical (unpaired) electrons. The van der Waals surface area contributed by atoms with E-state index in [0.29, 0.717) is 0 Å². The molecular formula is C18H28N2. The van der Waals surface area contributed by atoms with Crippen molar-refractivity contribution < 1.29 is 0 Å². The van der Waals surface area contributed by atoms with Crippen molar-refractivity contribution >= 4 is 0 Å². The normalized spacial score (nSPS) is 17.7. The summed E-state index contributed by atoms with van der Waals surface area (Å²) in [6, 6.07) is 0. The van der Waals surface area contributed by atoms with Crippen LogP contribution in [0.2, 0.25) is 0 Å². The Morgan fingerprint density at radius 2 is 1.45 bits per heavy atom. The van der Waals surface area contributed by atoms with Crippen molar-refractivity contribution in [3.05, 3.63) is 45.8 Å². The van der Waals surface area contributed by atoms with Crippen LogP contribution in [0.25, 0.3) is 0 Å². The molecule has 2 nitrogen and oxygen atoms in total. The van der Waals surface area contributed by atoms with Gasteiger partial charge < -0.3 is 11.5 Å². The van der Waals surface area contributed by atoms with Crippen LogP contribution < -0.4 is 11.5 Å². The summed E-state index contributed by atoms with van der Waals surface area (Å²) in [4.78, 5) is 0. The van der Waals surface area contributed by atoms with E-state index < -0.39 is 0 Å². The Hall–Kier alpha value is -1.44. The Morgan fingerprint density at radius 3 is 2.10 bits per heavy atom. The van der Waals surface area contributed by atoms with Crippen molar-refractivity contribution in [3.8, 4) is 0 Å². The van der Waals surface area contributed by atoms with E-state index in [1.165, 1.54) is 60.8 Å². The lowest BCUT2D eigenvalue weighted by atomic mass is 9.94. The summed E-state index contributed by atoms with van der Waals surface area (Å²) in [6.45, 7) is 4.48. The molecule has 0 spiro atoms. The standard InChI is InChI=1S/C18H28N2/c1-3-5-7-9-13-11-12-15-16(13)14(10-8-6-4-2)17(19)18(15)20/h11-12H,3-10,19-20H2,1-2H3. The zero-order valence-electron chi connectivity index (χ0n) is 13.0. The molecule has 0 aromatic heterocycles. The Balaban J connectivity index is 2.17. The van der Waals surface area contributed by atoms with Gasteiger partial charge in [0, 0.05) is 5.57 Å². The summed E-state index contributed by atoms with van der Waals surface area (Å²) in [5.41, 5.74) is 19.4. The van der Waals surface area contributed by atoms with E-state index in [1.54, 1.807) is 0 Å². The van der Waals surface area contributed by atoms with Crippen LogP contribution in [-0.4, -0.2) is 0 Å².